The van der Waals surface area contributed by atoms with Crippen LogP contribution < -0.4 is 4.90 Å². The number of methoxy groups -OCH3 is 1. The molecule has 2 rings (SSSR count). The van der Waals surface area contributed by atoms with Crippen LogP contribution in [-0.2, 0) is 9.53 Å². The van der Waals surface area contributed by atoms with Gasteiger partial charge in [0.1, 0.15) is 11.6 Å². The van der Waals surface area contributed by atoms with Crippen LogP contribution in [0.5, 0.6) is 0 Å². The molecule has 1 heterocycles. The Morgan fingerprint density at radius 3 is 2.56 bits per heavy atom. The van der Waals surface area contributed by atoms with Gasteiger partial charge in [0, 0.05) is 20.3 Å². The Kier molecular flexibility index (Phi) is 3.38. The van der Waals surface area contributed by atoms with E-state index < -0.39 is 28.9 Å². The molecule has 0 bridgehead atoms. The molecule has 0 N–H and O–H groups in total. The molecule has 1 aromatic carbocycles. The molecule has 1 aliphatic heterocycles. The molecule has 1 aliphatic rings. The average Bonchev–Trinajstić information content (AvgIpc) is 2.60. The lowest BCUT2D eigenvalue weighted by Crippen LogP contribution is -2.31. The molecule has 4 nitrogen and oxygen atoms in total. The van der Waals surface area contributed by atoms with Gasteiger partial charge in [-0.2, -0.15) is 0 Å². The number of ether oxygens (including phenoxy) is 1. The highest BCUT2D eigenvalue weighted by molar-refractivity contribution is 6.52. The van der Waals surface area contributed by atoms with Crippen molar-refractivity contribution in [2.24, 2.45) is 0 Å². The fourth-order valence-corrected chi connectivity index (χ4v) is 1.93. The smallest absolute Gasteiger partial charge is 0.299 e. The zero-order valence-electron chi connectivity index (χ0n) is 9.70. The maximum absolute atomic E-state index is 13.6. The van der Waals surface area contributed by atoms with E-state index in [1.807, 2.05) is 0 Å². The molecule has 0 saturated carbocycles. The molecule has 0 fully saturated rings. The molecule has 96 valence electrons. The molecule has 0 aromatic heterocycles. The van der Waals surface area contributed by atoms with E-state index in [9.17, 15) is 18.4 Å². The summed E-state index contributed by atoms with van der Waals surface area (Å²) in [5, 5.41) is 0. The number of carbonyl (C=O) groups excluding carboxylic acids is 2. The fraction of sp³-hybridized carbons (Fsp3) is 0.333. The summed E-state index contributed by atoms with van der Waals surface area (Å²) < 4.78 is 31.9. The van der Waals surface area contributed by atoms with Crippen molar-refractivity contribution >= 4 is 17.4 Å². The summed E-state index contributed by atoms with van der Waals surface area (Å²) in [7, 11) is 1.49. The van der Waals surface area contributed by atoms with E-state index in [0.717, 1.165) is 17.0 Å². The Morgan fingerprint density at radius 2 is 1.89 bits per heavy atom. The standard InChI is InChI=1S/C12H11F2NO3/c1-18-6-2-5-15-10-8(14)4-3-7(13)9(10)11(16)12(15)17/h3-4H,2,5-6H2,1H3. The van der Waals surface area contributed by atoms with Crippen molar-refractivity contribution in [1.29, 1.82) is 0 Å². The first-order valence-corrected chi connectivity index (χ1v) is 5.41. The van der Waals surface area contributed by atoms with Gasteiger partial charge in [0.25, 0.3) is 11.7 Å². The molecule has 0 spiro atoms. The van der Waals surface area contributed by atoms with Gasteiger partial charge in [0.05, 0.1) is 11.3 Å². The van der Waals surface area contributed by atoms with Gasteiger partial charge in [-0.25, -0.2) is 8.78 Å². The maximum Gasteiger partial charge on any atom is 0.299 e. The van der Waals surface area contributed by atoms with Gasteiger partial charge in [-0.1, -0.05) is 0 Å². The third-order valence-corrected chi connectivity index (χ3v) is 2.74. The summed E-state index contributed by atoms with van der Waals surface area (Å²) in [5.41, 5.74) is -0.737. The largest absolute Gasteiger partial charge is 0.385 e. The topological polar surface area (TPSA) is 46.6 Å². The van der Waals surface area contributed by atoms with Crippen LogP contribution in [0.25, 0.3) is 0 Å². The molecular weight excluding hydrogens is 244 g/mol. The minimum atomic E-state index is -1.00. The summed E-state index contributed by atoms with van der Waals surface area (Å²) in [5.74, 6) is -3.55. The second-order valence-electron chi connectivity index (χ2n) is 3.89. The second kappa shape index (κ2) is 4.81. The number of anilines is 1. The van der Waals surface area contributed by atoms with E-state index in [4.69, 9.17) is 4.74 Å². The summed E-state index contributed by atoms with van der Waals surface area (Å²) in [6.45, 7) is 0.482. The number of fused-ring (bicyclic) bond motifs is 1. The number of hydrogen-bond acceptors (Lipinski definition) is 3. The minimum Gasteiger partial charge on any atom is -0.385 e. The number of rotatable bonds is 4. The first-order valence-electron chi connectivity index (χ1n) is 5.41. The molecule has 0 atom stereocenters. The number of carbonyl (C=O) groups is 2. The zero-order valence-corrected chi connectivity index (χ0v) is 9.70. The summed E-state index contributed by atoms with van der Waals surface area (Å²) >= 11 is 0. The van der Waals surface area contributed by atoms with Crippen molar-refractivity contribution in [3.63, 3.8) is 0 Å². The van der Waals surface area contributed by atoms with E-state index in [1.54, 1.807) is 0 Å². The quantitative estimate of drug-likeness (QED) is 0.605. The van der Waals surface area contributed by atoms with Crippen LogP contribution in [0.1, 0.15) is 16.8 Å². The van der Waals surface area contributed by atoms with Gasteiger partial charge in [0.2, 0.25) is 0 Å². The second-order valence-corrected chi connectivity index (χ2v) is 3.89. The lowest BCUT2D eigenvalue weighted by molar-refractivity contribution is -0.114. The first-order chi connectivity index (χ1) is 8.57. The summed E-state index contributed by atoms with van der Waals surface area (Å²) in [6, 6.07) is 1.75. The maximum atomic E-state index is 13.6. The van der Waals surface area contributed by atoms with Crippen LogP contribution in [0.4, 0.5) is 14.5 Å². The monoisotopic (exact) mass is 255 g/mol. The van der Waals surface area contributed by atoms with Gasteiger partial charge >= 0.3 is 0 Å². The Balaban J connectivity index is 2.39. The lowest BCUT2D eigenvalue weighted by atomic mass is 10.1. The fourth-order valence-electron chi connectivity index (χ4n) is 1.93. The van der Waals surface area contributed by atoms with Crippen LogP contribution in [0.15, 0.2) is 12.1 Å². The molecule has 6 heteroatoms. The van der Waals surface area contributed by atoms with Gasteiger partial charge in [-0.3, -0.25) is 9.59 Å². The molecule has 1 amide bonds. The molecule has 18 heavy (non-hydrogen) atoms. The van der Waals surface area contributed by atoms with Gasteiger partial charge in [-0.15, -0.1) is 0 Å². The van der Waals surface area contributed by atoms with Crippen LogP contribution >= 0.6 is 0 Å². The van der Waals surface area contributed by atoms with E-state index in [1.165, 1.54) is 7.11 Å². The van der Waals surface area contributed by atoms with Crippen LogP contribution in [-0.4, -0.2) is 32.0 Å². The number of hydrogen-bond donors (Lipinski definition) is 0. The van der Waals surface area contributed by atoms with E-state index >= 15 is 0 Å². The Labute approximate surface area is 102 Å². The highest BCUT2D eigenvalue weighted by Crippen LogP contribution is 2.33. The molecule has 0 unspecified atom stereocenters. The zero-order chi connectivity index (χ0) is 13.3. The third-order valence-electron chi connectivity index (χ3n) is 2.74. The van der Waals surface area contributed by atoms with Gasteiger partial charge in [0.15, 0.2) is 0 Å². The predicted octanol–water partition coefficient (Wildman–Crippen LogP) is 1.53. The van der Waals surface area contributed by atoms with Crippen molar-refractivity contribution in [3.8, 4) is 0 Å². The first kappa shape index (κ1) is 12.6. The molecular formula is C12H11F2NO3. The Bertz CT molecular complexity index is 516. The van der Waals surface area contributed by atoms with E-state index in [0.29, 0.717) is 13.0 Å². The average molecular weight is 255 g/mol. The number of nitrogens with zero attached hydrogens (tertiary/aromatic N) is 1. The van der Waals surface area contributed by atoms with Crippen LogP contribution in [0, 0.1) is 11.6 Å². The van der Waals surface area contributed by atoms with Gasteiger partial charge < -0.3 is 9.64 Å². The minimum absolute atomic E-state index is 0.117. The Morgan fingerprint density at radius 1 is 1.22 bits per heavy atom. The van der Waals surface area contributed by atoms with Crippen molar-refractivity contribution in [2.45, 2.75) is 6.42 Å². The lowest BCUT2D eigenvalue weighted by Gasteiger charge is -2.16. The molecule has 1 aromatic rings. The number of ketones is 1. The van der Waals surface area contributed by atoms with Crippen LogP contribution in [0.3, 0.4) is 0 Å². The van der Waals surface area contributed by atoms with Crippen molar-refractivity contribution in [2.75, 3.05) is 25.2 Å². The van der Waals surface area contributed by atoms with Crippen LogP contribution in [0.2, 0.25) is 0 Å². The predicted molar refractivity (Wildman–Crippen MR) is 59.5 cm³/mol. The van der Waals surface area contributed by atoms with Gasteiger partial charge in [-0.05, 0) is 18.6 Å². The number of halogens is 2. The van der Waals surface area contributed by atoms with E-state index in [2.05, 4.69) is 0 Å². The molecule has 0 radical (unpaired) electrons. The molecule has 0 aliphatic carbocycles. The molecule has 0 saturated heterocycles. The van der Waals surface area contributed by atoms with Crippen molar-refractivity contribution in [3.05, 3.63) is 29.3 Å². The summed E-state index contributed by atoms with van der Waals surface area (Å²) in [6.07, 6.45) is 0.435. The SMILES string of the molecule is COCCCN1C(=O)C(=O)c2c(F)ccc(F)c21. The highest BCUT2D eigenvalue weighted by Gasteiger charge is 2.40. The normalized spacial score (nSPS) is 14.3. The number of Topliss-reactive ketones (excluding diaryl/α,β-unsaturated/α-hetero) is 1. The van der Waals surface area contributed by atoms with Crippen molar-refractivity contribution < 1.29 is 23.1 Å². The number of amides is 1. The summed E-state index contributed by atoms with van der Waals surface area (Å²) in [4.78, 5) is 24.2. The van der Waals surface area contributed by atoms with E-state index in [-0.39, 0.29) is 12.2 Å². The highest BCUT2D eigenvalue weighted by atomic mass is 19.1. The Hall–Kier alpha value is -1.82. The third kappa shape index (κ3) is 1.88. The van der Waals surface area contributed by atoms with Crippen molar-refractivity contribution in [1.82, 2.24) is 0 Å². The number of benzene rings is 1.